The zero-order valence-corrected chi connectivity index (χ0v) is 12.8. The Morgan fingerprint density at radius 1 is 1.18 bits per heavy atom. The Bertz CT molecular complexity index is 981. The molecule has 2 aromatic heterocycles. The molecule has 0 spiro atoms. The Morgan fingerprint density at radius 3 is 2.95 bits per heavy atom. The molecule has 0 atom stereocenters. The largest absolute Gasteiger partial charge is 0.289 e. The minimum Gasteiger partial charge on any atom is -0.289 e. The summed E-state index contributed by atoms with van der Waals surface area (Å²) in [5.41, 5.74) is 6.05. The highest BCUT2D eigenvalue weighted by Gasteiger charge is 2.06. The first-order valence-electron chi connectivity index (χ1n) is 7.01. The Labute approximate surface area is 131 Å². The molecular weight excluding hydrogens is 292 g/mol. The molecule has 0 aliphatic rings. The molecule has 5 heteroatoms. The fourth-order valence-corrected chi connectivity index (χ4v) is 3.26. The Kier molecular flexibility index (Phi) is 3.12. The van der Waals surface area contributed by atoms with E-state index in [0.717, 1.165) is 22.0 Å². The van der Waals surface area contributed by atoms with Crippen LogP contribution in [0, 0.1) is 6.92 Å². The lowest BCUT2D eigenvalue weighted by molar-refractivity contribution is 1.19. The summed E-state index contributed by atoms with van der Waals surface area (Å²) in [5.74, 6) is 0. The van der Waals surface area contributed by atoms with Crippen LogP contribution in [-0.2, 0) is 0 Å². The van der Waals surface area contributed by atoms with E-state index in [4.69, 9.17) is 0 Å². The van der Waals surface area contributed by atoms with Crippen molar-refractivity contribution in [2.75, 3.05) is 5.43 Å². The average molecular weight is 306 g/mol. The van der Waals surface area contributed by atoms with Crippen molar-refractivity contribution in [3.05, 3.63) is 65.4 Å². The first-order chi connectivity index (χ1) is 10.8. The quantitative estimate of drug-likeness (QED) is 0.453. The molecule has 0 aliphatic heterocycles. The highest BCUT2D eigenvalue weighted by atomic mass is 32.1. The molecule has 0 aliphatic carbocycles. The van der Waals surface area contributed by atoms with Crippen LogP contribution in [0.1, 0.15) is 11.4 Å². The fraction of sp³-hybridized carbons (Fsp3) is 0.0588. The van der Waals surface area contributed by atoms with E-state index in [1.54, 1.807) is 11.3 Å². The van der Waals surface area contributed by atoms with Crippen molar-refractivity contribution in [2.24, 2.45) is 5.10 Å². The van der Waals surface area contributed by atoms with Crippen molar-refractivity contribution < 1.29 is 0 Å². The number of aromatic nitrogens is 2. The zero-order chi connectivity index (χ0) is 14.9. The molecule has 2 heterocycles. The van der Waals surface area contributed by atoms with Gasteiger partial charge in [-0.15, -0.1) is 11.3 Å². The van der Waals surface area contributed by atoms with Gasteiger partial charge in [-0.25, -0.2) is 4.98 Å². The van der Waals surface area contributed by atoms with E-state index < -0.39 is 0 Å². The number of benzene rings is 2. The van der Waals surface area contributed by atoms with Crippen molar-refractivity contribution in [3.8, 4) is 0 Å². The van der Waals surface area contributed by atoms with E-state index >= 15 is 0 Å². The van der Waals surface area contributed by atoms with E-state index in [1.165, 1.54) is 10.8 Å². The molecule has 0 fully saturated rings. The van der Waals surface area contributed by atoms with Crippen LogP contribution >= 0.6 is 11.3 Å². The van der Waals surface area contributed by atoms with Gasteiger partial charge in [-0.1, -0.05) is 30.3 Å². The van der Waals surface area contributed by atoms with E-state index in [-0.39, 0.29) is 0 Å². The number of hydrogen-bond acceptors (Lipinski definition) is 4. The molecule has 2 aromatic carbocycles. The van der Waals surface area contributed by atoms with Crippen molar-refractivity contribution >= 4 is 39.0 Å². The summed E-state index contributed by atoms with van der Waals surface area (Å²) in [6.07, 6.45) is 3.83. The molecule has 0 unspecified atom stereocenters. The number of rotatable bonds is 3. The van der Waals surface area contributed by atoms with E-state index in [9.17, 15) is 0 Å². The minimum absolute atomic E-state index is 0.971. The maximum Gasteiger partial charge on any atom is 0.194 e. The minimum atomic E-state index is 0.971. The molecule has 0 radical (unpaired) electrons. The van der Waals surface area contributed by atoms with Crippen LogP contribution in [0.4, 0.5) is 5.69 Å². The van der Waals surface area contributed by atoms with Crippen molar-refractivity contribution in [2.45, 2.75) is 6.92 Å². The summed E-state index contributed by atoms with van der Waals surface area (Å²) in [5, 5.41) is 8.80. The normalized spacial score (nSPS) is 11.7. The molecule has 4 nitrogen and oxygen atoms in total. The molecule has 0 bridgehead atoms. The van der Waals surface area contributed by atoms with Gasteiger partial charge < -0.3 is 0 Å². The Balaban J connectivity index is 1.60. The third-order valence-corrected chi connectivity index (χ3v) is 4.37. The highest BCUT2D eigenvalue weighted by molar-refractivity contribution is 7.15. The third kappa shape index (κ3) is 2.25. The molecule has 108 valence electrons. The number of hydrogen-bond donors (Lipinski definition) is 1. The van der Waals surface area contributed by atoms with Crippen LogP contribution < -0.4 is 5.43 Å². The summed E-state index contributed by atoms with van der Waals surface area (Å²) in [7, 11) is 0. The van der Waals surface area contributed by atoms with Crippen molar-refractivity contribution in [3.63, 3.8) is 0 Å². The molecule has 0 amide bonds. The summed E-state index contributed by atoms with van der Waals surface area (Å²) in [6.45, 7) is 2.00. The first kappa shape index (κ1) is 13.0. The van der Waals surface area contributed by atoms with Crippen LogP contribution in [0.3, 0.4) is 0 Å². The topological polar surface area (TPSA) is 41.7 Å². The molecule has 4 rings (SSSR count). The summed E-state index contributed by atoms with van der Waals surface area (Å²) < 4.78 is 2.05. The van der Waals surface area contributed by atoms with Gasteiger partial charge in [0.15, 0.2) is 4.96 Å². The Hall–Kier alpha value is -2.66. The third-order valence-electron chi connectivity index (χ3n) is 3.61. The number of nitrogens with one attached hydrogen (secondary N) is 1. The smallest absolute Gasteiger partial charge is 0.194 e. The van der Waals surface area contributed by atoms with Crippen molar-refractivity contribution in [1.82, 2.24) is 9.38 Å². The molecule has 0 saturated heterocycles. The summed E-state index contributed by atoms with van der Waals surface area (Å²) in [4.78, 5) is 5.49. The SMILES string of the molecule is Cc1nc2sccn2c1/C=N/Nc1ccc2ccccc2c1. The molecule has 22 heavy (non-hydrogen) atoms. The predicted molar refractivity (Wildman–Crippen MR) is 93.0 cm³/mol. The predicted octanol–water partition coefficient (Wildman–Crippen LogP) is 4.30. The number of nitrogens with zero attached hydrogens (tertiary/aromatic N) is 3. The molecule has 0 saturated carbocycles. The number of thiazole rings is 1. The zero-order valence-electron chi connectivity index (χ0n) is 12.0. The van der Waals surface area contributed by atoms with E-state index in [2.05, 4.69) is 39.8 Å². The van der Waals surface area contributed by atoms with Crippen LogP contribution in [0.15, 0.2) is 59.1 Å². The standard InChI is InChI=1S/C17H14N4S/c1-12-16(21-8-9-22-17(21)19-12)11-18-20-15-7-6-13-4-2-3-5-14(13)10-15/h2-11,20H,1H3/b18-11+. The van der Waals surface area contributed by atoms with Gasteiger partial charge in [0.05, 0.1) is 23.3 Å². The number of anilines is 1. The number of hydrazone groups is 1. The van der Waals surface area contributed by atoms with Crippen LogP contribution in [0.5, 0.6) is 0 Å². The second-order valence-electron chi connectivity index (χ2n) is 5.07. The maximum absolute atomic E-state index is 4.50. The van der Waals surface area contributed by atoms with Crippen molar-refractivity contribution in [1.29, 1.82) is 0 Å². The second-order valence-corrected chi connectivity index (χ2v) is 5.94. The van der Waals surface area contributed by atoms with E-state index in [0.29, 0.717) is 0 Å². The van der Waals surface area contributed by atoms with Gasteiger partial charge in [0, 0.05) is 11.6 Å². The second kappa shape index (κ2) is 5.27. The number of fused-ring (bicyclic) bond motifs is 2. The maximum atomic E-state index is 4.50. The van der Waals surface area contributed by atoms with Gasteiger partial charge in [-0.3, -0.25) is 9.83 Å². The van der Waals surface area contributed by atoms with Gasteiger partial charge in [-0.05, 0) is 29.8 Å². The fourth-order valence-electron chi connectivity index (χ4n) is 2.49. The monoisotopic (exact) mass is 306 g/mol. The van der Waals surface area contributed by atoms with Gasteiger partial charge >= 0.3 is 0 Å². The van der Waals surface area contributed by atoms with E-state index in [1.807, 2.05) is 47.3 Å². The molecule has 1 N–H and O–H groups in total. The van der Waals surface area contributed by atoms with Gasteiger partial charge in [0.1, 0.15) is 0 Å². The average Bonchev–Trinajstić information content (AvgIpc) is 3.09. The lowest BCUT2D eigenvalue weighted by atomic mass is 10.1. The van der Waals surface area contributed by atoms with Gasteiger partial charge in [0.25, 0.3) is 0 Å². The lowest BCUT2D eigenvalue weighted by Crippen LogP contribution is -1.94. The van der Waals surface area contributed by atoms with Crippen LogP contribution in [-0.4, -0.2) is 15.6 Å². The lowest BCUT2D eigenvalue weighted by Gasteiger charge is -2.02. The van der Waals surface area contributed by atoms with Crippen LogP contribution in [0.25, 0.3) is 15.7 Å². The summed E-state index contributed by atoms with van der Waals surface area (Å²) >= 11 is 1.62. The highest BCUT2D eigenvalue weighted by Crippen LogP contribution is 2.19. The molecular formula is C17H14N4S. The Morgan fingerprint density at radius 2 is 2.05 bits per heavy atom. The molecule has 4 aromatic rings. The number of aryl methyl sites for hydroxylation is 1. The van der Waals surface area contributed by atoms with Gasteiger partial charge in [0.2, 0.25) is 0 Å². The van der Waals surface area contributed by atoms with Crippen LogP contribution in [0.2, 0.25) is 0 Å². The van der Waals surface area contributed by atoms with Gasteiger partial charge in [-0.2, -0.15) is 5.10 Å². The number of imidazole rings is 1. The first-order valence-corrected chi connectivity index (χ1v) is 7.89. The summed E-state index contributed by atoms with van der Waals surface area (Å²) in [6, 6.07) is 14.5.